The van der Waals surface area contributed by atoms with E-state index in [4.69, 9.17) is 4.74 Å². The highest BCUT2D eigenvalue weighted by Gasteiger charge is 2.43. The highest BCUT2D eigenvalue weighted by molar-refractivity contribution is 6.08. The average molecular weight is 440 g/mol. The molecule has 0 radical (unpaired) electrons. The van der Waals surface area contributed by atoms with Crippen molar-refractivity contribution in [2.45, 2.75) is 18.9 Å². The Bertz CT molecular complexity index is 1340. The highest BCUT2D eigenvalue weighted by atomic mass is 16.5. The lowest BCUT2D eigenvalue weighted by Gasteiger charge is -2.08. The number of fused-ring (bicyclic) bond motifs is 1. The van der Waals surface area contributed by atoms with Gasteiger partial charge in [0.25, 0.3) is 0 Å². The monoisotopic (exact) mass is 440 g/mol. The van der Waals surface area contributed by atoms with Gasteiger partial charge in [0.05, 0.1) is 19.3 Å². The minimum absolute atomic E-state index is 0.0528. The number of nitrogens with one attached hydrogen (secondary N) is 2. The molecule has 2 unspecified atom stereocenters. The molecule has 3 N–H and O–H groups in total. The summed E-state index contributed by atoms with van der Waals surface area (Å²) < 4.78 is 4.99. The number of amides is 1. The fourth-order valence-corrected chi connectivity index (χ4v) is 4.37. The van der Waals surface area contributed by atoms with Gasteiger partial charge in [-0.2, -0.15) is 0 Å². The van der Waals surface area contributed by atoms with Crippen LogP contribution in [0.1, 0.15) is 33.8 Å². The van der Waals surface area contributed by atoms with Crippen molar-refractivity contribution in [1.82, 2.24) is 4.98 Å². The van der Waals surface area contributed by atoms with Crippen molar-refractivity contribution in [1.29, 1.82) is 0 Å². The van der Waals surface area contributed by atoms with Gasteiger partial charge in [-0.05, 0) is 53.3 Å². The van der Waals surface area contributed by atoms with Crippen molar-refractivity contribution >= 4 is 28.5 Å². The zero-order chi connectivity index (χ0) is 22.9. The lowest BCUT2D eigenvalue weighted by molar-refractivity contribution is -0.117. The Kier molecular flexibility index (Phi) is 5.44. The summed E-state index contributed by atoms with van der Waals surface area (Å²) in [6, 6.07) is 23.0. The lowest BCUT2D eigenvalue weighted by atomic mass is 10.1. The molecule has 6 heteroatoms. The van der Waals surface area contributed by atoms with E-state index in [0.717, 1.165) is 23.2 Å². The van der Waals surface area contributed by atoms with Crippen LogP contribution in [-0.2, 0) is 16.1 Å². The van der Waals surface area contributed by atoms with Crippen molar-refractivity contribution < 1.29 is 19.4 Å². The van der Waals surface area contributed by atoms with Crippen molar-refractivity contribution in [3.8, 4) is 11.3 Å². The number of methoxy groups -OCH3 is 1. The molecular formula is C27H24N2O4. The average Bonchev–Trinajstić information content (AvgIpc) is 3.55. The summed E-state index contributed by atoms with van der Waals surface area (Å²) in [5, 5.41) is 13.1. The van der Waals surface area contributed by atoms with Crippen molar-refractivity contribution in [2.24, 2.45) is 5.92 Å². The number of benzene rings is 3. The number of ether oxygens (including phenoxy) is 1. The van der Waals surface area contributed by atoms with Crippen LogP contribution in [0, 0.1) is 5.92 Å². The van der Waals surface area contributed by atoms with E-state index in [1.165, 1.54) is 12.7 Å². The number of carbonyl (C=O) groups excluding carboxylic acids is 2. The molecular weight excluding hydrogens is 416 g/mol. The van der Waals surface area contributed by atoms with E-state index in [2.05, 4.69) is 10.3 Å². The predicted molar refractivity (Wildman–Crippen MR) is 127 cm³/mol. The van der Waals surface area contributed by atoms with Crippen LogP contribution >= 0.6 is 0 Å². The van der Waals surface area contributed by atoms with Crippen LogP contribution in [0.15, 0.2) is 72.8 Å². The molecule has 1 heterocycles. The van der Waals surface area contributed by atoms with Gasteiger partial charge in [0.15, 0.2) is 0 Å². The quantitative estimate of drug-likeness (QED) is 0.374. The van der Waals surface area contributed by atoms with Gasteiger partial charge >= 0.3 is 5.97 Å². The van der Waals surface area contributed by atoms with Crippen LogP contribution in [-0.4, -0.2) is 29.1 Å². The summed E-state index contributed by atoms with van der Waals surface area (Å²) >= 11 is 0. The van der Waals surface area contributed by atoms with Crippen molar-refractivity contribution in [3.63, 3.8) is 0 Å². The maximum atomic E-state index is 12.9. The van der Waals surface area contributed by atoms with Gasteiger partial charge in [-0.3, -0.25) is 4.79 Å². The Balaban J connectivity index is 1.45. The number of hydrogen-bond acceptors (Lipinski definition) is 4. The second kappa shape index (κ2) is 8.56. The van der Waals surface area contributed by atoms with E-state index in [-0.39, 0.29) is 24.3 Å². The zero-order valence-electron chi connectivity index (χ0n) is 18.2. The number of aliphatic hydroxyl groups is 1. The third-order valence-electron chi connectivity index (χ3n) is 6.19. The molecule has 4 aromatic rings. The first-order chi connectivity index (χ1) is 16.1. The van der Waals surface area contributed by atoms with E-state index in [1.807, 2.05) is 66.7 Å². The van der Waals surface area contributed by atoms with Gasteiger partial charge in [-0.1, -0.05) is 48.5 Å². The summed E-state index contributed by atoms with van der Waals surface area (Å²) in [6.07, 6.45) is 0.815. The van der Waals surface area contributed by atoms with Crippen molar-refractivity contribution in [2.75, 3.05) is 12.4 Å². The van der Waals surface area contributed by atoms with E-state index in [0.29, 0.717) is 22.2 Å². The van der Waals surface area contributed by atoms with Crippen LogP contribution in [0.25, 0.3) is 22.2 Å². The molecule has 0 aliphatic heterocycles. The second-order valence-electron chi connectivity index (χ2n) is 8.37. The summed E-state index contributed by atoms with van der Waals surface area (Å²) in [7, 11) is 1.34. The molecule has 1 aromatic heterocycles. The molecule has 2 atom stereocenters. The molecule has 1 amide bonds. The van der Waals surface area contributed by atoms with Gasteiger partial charge < -0.3 is 20.1 Å². The molecule has 3 aromatic carbocycles. The van der Waals surface area contributed by atoms with Gasteiger partial charge in [0, 0.05) is 28.2 Å². The third kappa shape index (κ3) is 4.13. The molecule has 1 saturated carbocycles. The van der Waals surface area contributed by atoms with Gasteiger partial charge in [0.2, 0.25) is 5.91 Å². The maximum absolute atomic E-state index is 12.9. The van der Waals surface area contributed by atoms with E-state index < -0.39 is 5.97 Å². The largest absolute Gasteiger partial charge is 0.465 e. The number of esters is 1. The summed E-state index contributed by atoms with van der Waals surface area (Å²) in [6.45, 7) is -0.0528. The van der Waals surface area contributed by atoms with E-state index in [1.54, 1.807) is 6.07 Å². The number of H-pyrrole nitrogens is 1. The molecule has 0 bridgehead atoms. The molecule has 1 aliphatic rings. The number of aliphatic hydroxyl groups excluding tert-OH is 1. The van der Waals surface area contributed by atoms with Gasteiger partial charge in [-0.15, -0.1) is 0 Å². The summed E-state index contributed by atoms with van der Waals surface area (Å²) in [5.74, 6) is -0.378. The number of carbonyl (C=O) groups is 2. The van der Waals surface area contributed by atoms with Crippen LogP contribution in [0.2, 0.25) is 0 Å². The first-order valence-electron chi connectivity index (χ1n) is 10.9. The Morgan fingerprint density at radius 2 is 1.88 bits per heavy atom. The number of aromatic amines is 1. The first-order valence-corrected chi connectivity index (χ1v) is 10.9. The molecule has 0 saturated heterocycles. The minimum Gasteiger partial charge on any atom is -0.465 e. The lowest BCUT2D eigenvalue weighted by Crippen LogP contribution is -2.15. The smallest absolute Gasteiger partial charge is 0.338 e. The minimum atomic E-state index is -0.473. The highest BCUT2D eigenvalue weighted by Crippen LogP contribution is 2.48. The first kappa shape index (κ1) is 21.0. The van der Waals surface area contributed by atoms with Gasteiger partial charge in [-0.25, -0.2) is 4.79 Å². The topological polar surface area (TPSA) is 91.4 Å². The van der Waals surface area contributed by atoms with Gasteiger partial charge in [0.1, 0.15) is 0 Å². The van der Waals surface area contributed by atoms with E-state index in [9.17, 15) is 14.7 Å². The maximum Gasteiger partial charge on any atom is 0.338 e. The Morgan fingerprint density at radius 3 is 2.64 bits per heavy atom. The van der Waals surface area contributed by atoms with Crippen LogP contribution < -0.4 is 5.32 Å². The molecule has 33 heavy (non-hydrogen) atoms. The summed E-state index contributed by atoms with van der Waals surface area (Å²) in [5.41, 5.74) is 5.30. The third-order valence-corrected chi connectivity index (χ3v) is 6.19. The fourth-order valence-electron chi connectivity index (χ4n) is 4.37. The molecule has 6 nitrogen and oxygen atoms in total. The predicted octanol–water partition coefficient (Wildman–Crippen LogP) is 4.86. The zero-order valence-corrected chi connectivity index (χ0v) is 18.2. The Labute approximate surface area is 191 Å². The molecule has 1 aliphatic carbocycles. The Morgan fingerprint density at radius 1 is 1.06 bits per heavy atom. The number of rotatable bonds is 6. The molecule has 1 fully saturated rings. The number of aromatic nitrogens is 1. The fraction of sp³-hybridized carbons (Fsp3) is 0.185. The van der Waals surface area contributed by atoms with Crippen LogP contribution in [0.3, 0.4) is 0 Å². The second-order valence-corrected chi connectivity index (χ2v) is 8.37. The van der Waals surface area contributed by atoms with E-state index >= 15 is 0 Å². The normalized spacial score (nSPS) is 17.0. The SMILES string of the molecule is COC(=O)c1cc(NC(=O)C2CC2c2ccccc2)cc2[nH]c(-c3cccc(CO)c3)cc12. The Hall–Kier alpha value is -3.90. The standard InChI is InChI=1S/C27H24N2O4/c1-33-27(32)23-11-19(28-26(31)22-13-20(22)17-7-3-2-4-8-17)12-25-21(23)14-24(29-25)18-9-5-6-16(10-18)15-30/h2-12,14,20,22,29-30H,13,15H2,1H3,(H,28,31). The number of hydrogen-bond donors (Lipinski definition) is 3. The van der Waals surface area contributed by atoms with Crippen molar-refractivity contribution in [3.05, 3.63) is 89.5 Å². The molecule has 5 rings (SSSR count). The summed E-state index contributed by atoms with van der Waals surface area (Å²) in [4.78, 5) is 28.7. The number of anilines is 1. The molecule has 166 valence electrons. The van der Waals surface area contributed by atoms with Crippen LogP contribution in [0.5, 0.6) is 0 Å². The molecule has 0 spiro atoms. The van der Waals surface area contributed by atoms with Crippen LogP contribution in [0.4, 0.5) is 5.69 Å².